The third kappa shape index (κ3) is 17.2. The van der Waals surface area contributed by atoms with Gasteiger partial charge in [0.2, 0.25) is 17.8 Å². The summed E-state index contributed by atoms with van der Waals surface area (Å²) >= 11 is 0. The smallest absolute Gasteiger partial charge is 0.351 e. The first-order valence-electron chi connectivity index (χ1n) is 25.9. The van der Waals surface area contributed by atoms with Crippen molar-refractivity contribution in [3.05, 3.63) is 80.7 Å². The molecule has 0 aliphatic rings. The Bertz CT molecular complexity index is 3830. The first kappa shape index (κ1) is 64.6. The number of aliphatic imine (C=N–C) groups is 1. The van der Waals surface area contributed by atoms with Gasteiger partial charge in [0, 0.05) is 85.3 Å². The van der Waals surface area contributed by atoms with Gasteiger partial charge < -0.3 is 81.5 Å². The zero-order chi connectivity index (χ0) is 61.8. The zero-order valence-corrected chi connectivity index (χ0v) is 46.2. The molecule has 7 rings (SSSR count). The largest absolute Gasteiger partial charge is 0.480 e. The number of nitrogens with two attached hydrogens (primary N) is 6. The maximum atomic E-state index is 12.3. The molecule has 0 aliphatic heterocycles. The number of carboxylic acid groups (broad SMARTS) is 2. The molecular weight excluding hydrogens is 1110 g/mol. The molecule has 0 fully saturated rings. The van der Waals surface area contributed by atoms with E-state index in [2.05, 4.69) is 91.7 Å². The molecule has 0 spiro atoms. The Hall–Kier alpha value is -10.2. The van der Waals surface area contributed by atoms with E-state index in [1.165, 1.54) is 28.6 Å². The minimum atomic E-state index is -1.05. The minimum absolute atomic E-state index is 0.00848. The molecule has 38 heteroatoms. The van der Waals surface area contributed by atoms with Gasteiger partial charge in [0.25, 0.3) is 16.7 Å². The number of aromatic nitrogens is 14. The van der Waals surface area contributed by atoms with E-state index in [4.69, 9.17) is 34.4 Å². The number of fused-ring (bicyclic) bond motifs is 3. The fraction of sp³-hybridized carbons (Fsp3) is 0.457. The Kier molecular flexibility index (Phi) is 23.5. The summed E-state index contributed by atoms with van der Waals surface area (Å²) in [5.74, 6) is -2.23. The second kappa shape index (κ2) is 30.6. The van der Waals surface area contributed by atoms with Crippen LogP contribution in [0.3, 0.4) is 0 Å². The number of carboxylic acids is 2. The van der Waals surface area contributed by atoms with Gasteiger partial charge in [-0.05, 0) is 39.2 Å². The second-order valence-electron chi connectivity index (χ2n) is 18.2. The molecule has 0 aliphatic carbocycles. The van der Waals surface area contributed by atoms with Crippen LogP contribution in [0.5, 0.6) is 0 Å². The number of guanidine groups is 1. The number of hydrogen-bond acceptors (Lipinski definition) is 27. The summed E-state index contributed by atoms with van der Waals surface area (Å²) in [5.41, 5.74) is 30.4. The number of nitrogen functional groups attached to an aromatic ring is 3. The molecule has 84 heavy (non-hydrogen) atoms. The van der Waals surface area contributed by atoms with Crippen molar-refractivity contribution in [1.29, 1.82) is 0 Å². The van der Waals surface area contributed by atoms with E-state index in [9.17, 15) is 53.4 Å². The van der Waals surface area contributed by atoms with E-state index >= 15 is 0 Å². The van der Waals surface area contributed by atoms with Crippen LogP contribution in [0.4, 0.5) is 35.3 Å². The van der Waals surface area contributed by atoms with Crippen molar-refractivity contribution in [3.63, 3.8) is 0 Å². The molecule has 0 saturated carbocycles. The lowest BCUT2D eigenvalue weighted by molar-refractivity contribution is -0.140. The lowest BCUT2D eigenvalue weighted by Crippen LogP contribution is -2.41. The number of aliphatic carboxylic acids is 2. The Labute approximate surface area is 473 Å². The summed E-state index contributed by atoms with van der Waals surface area (Å²) in [6, 6.07) is -2.07. The van der Waals surface area contributed by atoms with E-state index < -0.39 is 57.8 Å². The molecule has 0 amide bonds. The third-order valence-corrected chi connectivity index (χ3v) is 12.4. The summed E-state index contributed by atoms with van der Waals surface area (Å²) in [5, 5.41) is 35.7. The first-order valence-corrected chi connectivity index (χ1v) is 25.9. The van der Waals surface area contributed by atoms with Crippen LogP contribution in [-0.4, -0.2) is 174 Å². The van der Waals surface area contributed by atoms with Crippen LogP contribution in [0.15, 0.2) is 46.3 Å². The number of nitrogens with zero attached hydrogens (tertiary/aromatic N) is 11. The number of aromatic amines is 4. The van der Waals surface area contributed by atoms with Crippen molar-refractivity contribution in [2.45, 2.75) is 83.2 Å². The lowest BCUT2D eigenvalue weighted by Gasteiger charge is -2.17. The summed E-state index contributed by atoms with van der Waals surface area (Å²) in [7, 11) is 4.71. The fourth-order valence-corrected chi connectivity index (χ4v) is 8.23. The van der Waals surface area contributed by atoms with Gasteiger partial charge in [-0.2, -0.15) is 29.9 Å². The Morgan fingerprint density at radius 2 is 0.988 bits per heavy atom. The molecule has 0 aromatic carbocycles. The highest BCUT2D eigenvalue weighted by atomic mass is 16.4. The summed E-state index contributed by atoms with van der Waals surface area (Å²) < 4.78 is 3.60. The quantitative estimate of drug-likeness (QED) is 0.0123. The van der Waals surface area contributed by atoms with Gasteiger partial charge >= 0.3 is 29.0 Å². The average Bonchev–Trinajstić information content (AvgIpc) is 2.57. The number of ketones is 1. The van der Waals surface area contributed by atoms with Crippen LogP contribution in [0.1, 0.15) is 44.7 Å². The molecule has 7 aromatic heterocycles. The highest BCUT2D eigenvalue weighted by molar-refractivity contribution is 5.87. The number of anilines is 6. The highest BCUT2D eigenvalue weighted by Crippen LogP contribution is 2.15. The van der Waals surface area contributed by atoms with Crippen molar-refractivity contribution in [1.82, 2.24) is 84.5 Å². The van der Waals surface area contributed by atoms with E-state index in [-0.39, 0.29) is 132 Å². The van der Waals surface area contributed by atoms with Crippen LogP contribution < -0.4 is 100 Å². The van der Waals surface area contributed by atoms with Crippen molar-refractivity contribution in [2.75, 3.05) is 87.0 Å². The van der Waals surface area contributed by atoms with Crippen molar-refractivity contribution in [3.8, 4) is 0 Å². The third-order valence-electron chi connectivity index (χ3n) is 12.4. The molecule has 38 nitrogen and oxygen atoms in total. The van der Waals surface area contributed by atoms with Gasteiger partial charge in [0.05, 0.1) is 12.4 Å². The van der Waals surface area contributed by atoms with Crippen LogP contribution in [-0.2, 0) is 40.4 Å². The molecule has 1 unspecified atom stereocenters. The molecule has 3 atom stereocenters. The van der Waals surface area contributed by atoms with Gasteiger partial charge in [0.1, 0.15) is 51.5 Å². The SMILES string of the molecule is CNc1nc2c(c(N)nc(=O)n2CCNC(CCCCN)C(C)=O)c(=O)[nH]1.CNc1nc2c(c(N)nc(=O)n2CCN[C@@H](CCCN=C(N)N)C(=O)O)c(=O)[nH]1.CNc1nc2c(c(N)nc(=O)n2CCN[C@@H](Cc2cnc[nH]2)C(=O)O)c(=O)[nH]1. The first-order chi connectivity index (χ1) is 40.0. The molecule has 7 aromatic rings. The number of Topliss-reactive ketones (excluding diaryl/α,β-unsaturated/α-hetero) is 1. The second-order valence-corrected chi connectivity index (χ2v) is 18.2. The van der Waals surface area contributed by atoms with Gasteiger partial charge in [0.15, 0.2) is 22.9 Å². The molecule has 0 bridgehead atoms. The number of H-pyrrole nitrogens is 4. The van der Waals surface area contributed by atoms with E-state index in [0.29, 0.717) is 38.2 Å². The van der Waals surface area contributed by atoms with Crippen LogP contribution in [0, 0.1) is 0 Å². The number of nitrogens with one attached hydrogen (secondary N) is 10. The van der Waals surface area contributed by atoms with Crippen molar-refractivity contribution >= 4 is 92.1 Å². The molecule has 7 heterocycles. The number of carbonyl (C=O) groups excluding carboxylic acids is 1. The summed E-state index contributed by atoms with van der Waals surface area (Å²) in [6.07, 6.45) is 6.27. The number of carbonyl (C=O) groups is 3. The molecular formula is C46H69N27O11. The van der Waals surface area contributed by atoms with E-state index in [1.54, 1.807) is 21.1 Å². The molecule has 454 valence electrons. The fourth-order valence-electron chi connectivity index (χ4n) is 8.23. The normalized spacial score (nSPS) is 12.1. The summed E-state index contributed by atoms with van der Waals surface area (Å²) in [6.45, 7) is 3.22. The van der Waals surface area contributed by atoms with Crippen LogP contribution >= 0.6 is 0 Å². The van der Waals surface area contributed by atoms with Crippen LogP contribution in [0.25, 0.3) is 33.1 Å². The topological polar surface area (TPSA) is 603 Å². The number of imidazole rings is 1. The van der Waals surface area contributed by atoms with Crippen LogP contribution in [0.2, 0.25) is 0 Å². The maximum Gasteiger partial charge on any atom is 0.351 e. The predicted molar refractivity (Wildman–Crippen MR) is 312 cm³/mol. The van der Waals surface area contributed by atoms with Gasteiger partial charge in [-0.25, -0.2) is 19.4 Å². The Morgan fingerprint density at radius 3 is 1.33 bits per heavy atom. The van der Waals surface area contributed by atoms with Gasteiger partial charge in [-0.15, -0.1) is 0 Å². The van der Waals surface area contributed by atoms with Gasteiger partial charge in [-0.3, -0.25) is 62.4 Å². The van der Waals surface area contributed by atoms with E-state index in [0.717, 1.165) is 17.4 Å². The highest BCUT2D eigenvalue weighted by Gasteiger charge is 2.22. The van der Waals surface area contributed by atoms with Crippen molar-refractivity contribution < 1.29 is 24.6 Å². The molecule has 24 N–H and O–H groups in total. The number of unbranched alkanes of at least 4 members (excludes halogenated alkanes) is 1. The average molecular weight is 1180 g/mol. The summed E-state index contributed by atoms with van der Waals surface area (Å²) in [4.78, 5) is 150. The Morgan fingerprint density at radius 1 is 0.595 bits per heavy atom. The lowest BCUT2D eigenvalue weighted by atomic mass is 10.1. The maximum absolute atomic E-state index is 12.3. The predicted octanol–water partition coefficient (Wildman–Crippen LogP) is -5.91. The van der Waals surface area contributed by atoms with Gasteiger partial charge in [-0.1, -0.05) is 6.42 Å². The monoisotopic (exact) mass is 1180 g/mol. The zero-order valence-electron chi connectivity index (χ0n) is 46.2. The molecule has 0 radical (unpaired) electrons. The molecule has 0 saturated heterocycles. The number of rotatable bonds is 28. The van der Waals surface area contributed by atoms with E-state index in [1.807, 2.05) is 0 Å². The Balaban J connectivity index is 0.000000231. The van der Waals surface area contributed by atoms with Crippen molar-refractivity contribution in [2.24, 2.45) is 22.2 Å². The standard InChI is InChI=1S/C16H26N8O3.C15H24N10O4.C15H19N9O4/c1-9(25)10(5-3-4-6-17)20-7-8-24-13-11(12(18)21-16(24)27)14(26)23-15(19-2)22-13;1-19-14-23-10-8(11(26)24-14)9(16)22-15(29)25(10)6-5-20-7(12(27)28)3-2-4-21-13(17)18;1-17-14-22-11-9(12(25)23-14)10(16)21-15(28)24(11)3-2-19-8(13(26)27)4-7-5-18-6-20-7/h10,20H,3-8,17H2,1-2H3,(H2,18,21,27)(H2,19,22,23,26);7,20H,2-6H2,1H3,(H,27,28)(H2,16,22,29)(H4,17,18,21)(H2,19,23,24,26);5-6,8,19H,2-4H2,1H3,(H,18,20)(H,26,27)(H2,16,21,28)(H2,17,22,23,25)/t;7-;8-/m.00/s1. The number of hydrogen-bond donors (Lipinski definition) is 18. The minimum Gasteiger partial charge on any atom is -0.480 e.